The molecule has 15 nitrogen and oxygen atoms in total. The number of fused-ring (bicyclic) bond motifs is 3. The van der Waals surface area contributed by atoms with Crippen LogP contribution in [0.2, 0.25) is 0 Å². The Kier molecular flexibility index (Phi) is 33.3. The number of hydrogen-bond donors (Lipinski definition) is 3. The van der Waals surface area contributed by atoms with Crippen LogP contribution < -0.4 is 16.0 Å². The second-order valence-electron chi connectivity index (χ2n) is 23.4. The maximum atomic E-state index is 15.2. The van der Waals surface area contributed by atoms with Gasteiger partial charge in [-0.15, -0.1) is 141 Å². The minimum Gasteiger partial charge on any atom is -0.465 e. The van der Waals surface area contributed by atoms with Gasteiger partial charge in [0.05, 0.1) is 95.5 Å². The number of hydrogen-bond acceptors (Lipinski definition) is 36. The molecule has 0 saturated carbocycles. The van der Waals surface area contributed by atoms with Crippen LogP contribution in [0.4, 0.5) is 4.79 Å². The summed E-state index contributed by atoms with van der Waals surface area (Å²) in [4.78, 5) is 102. The molecule has 0 fully saturated rings. The number of alkyl carbamates (subject to hydrolysis) is 1. The fourth-order valence-corrected chi connectivity index (χ4v) is 45.5. The molecule has 0 radical (unpaired) electrons. The van der Waals surface area contributed by atoms with Crippen LogP contribution in [-0.4, -0.2) is 157 Å². The largest absolute Gasteiger partial charge is 0.465 e. The molecule has 1 aliphatic carbocycles. The molecule has 9 aliphatic heterocycles. The number of rotatable bonds is 31. The first kappa shape index (κ1) is 85.7. The third kappa shape index (κ3) is 22.8. The molecule has 3 atom stereocenters. The van der Waals surface area contributed by atoms with E-state index >= 15 is 9.59 Å². The van der Waals surface area contributed by atoms with Gasteiger partial charge in [0.15, 0.2) is 0 Å². The van der Waals surface area contributed by atoms with Crippen LogP contribution in [0.3, 0.4) is 0 Å². The van der Waals surface area contributed by atoms with E-state index in [2.05, 4.69) is 16.0 Å². The summed E-state index contributed by atoms with van der Waals surface area (Å²) in [5.74, 6) is 1.65. The zero-order valence-corrected chi connectivity index (χ0v) is 77.4. The summed E-state index contributed by atoms with van der Waals surface area (Å²) in [5.41, 5.74) is 3.24. The summed E-state index contributed by atoms with van der Waals surface area (Å²) in [6, 6.07) is 19.4. The second-order valence-corrected chi connectivity index (χ2v) is 52.7. The van der Waals surface area contributed by atoms with E-state index in [4.69, 9.17) is 23.7 Å². The Bertz CT molecular complexity index is 4230. The van der Waals surface area contributed by atoms with Gasteiger partial charge in [-0.25, -0.2) is 9.59 Å². The van der Waals surface area contributed by atoms with Gasteiger partial charge in [-0.05, 0) is 60.4 Å². The predicted octanol–water partition coefficient (Wildman–Crippen LogP) is 21.9. The lowest BCUT2D eigenvalue weighted by molar-refractivity contribution is -0.164. The number of carbonyl (C=O) groups excluding carboxylic acids is 7. The summed E-state index contributed by atoms with van der Waals surface area (Å²) in [6.07, 6.45) is 2.89. The lowest BCUT2D eigenvalue weighted by Gasteiger charge is -2.29. The minimum atomic E-state index is -1.83. The Morgan fingerprint density at radius 1 is 0.398 bits per heavy atom. The van der Waals surface area contributed by atoms with E-state index in [-0.39, 0.29) is 32.3 Å². The van der Waals surface area contributed by atoms with Gasteiger partial charge in [-0.2, -0.15) is 0 Å². The molecule has 0 aromatic heterocycles. The standard InChI is InChI=1S/C69H67N3O12S24/c1-69(2,35-13-7-6-8-14-35)84-49(78)43(33-46(75)82-21-24-90-55-52(87-5)99-64(102-55)67-107-60-61(108-67)96-30-29-95-60)71-47(76)41(31-44(73)80-19-22-88-53-50(85-3)97-62(100-53)65-103-56-57(104-65)92-26-25-91-56)70-48(77)42(72-68(79)83-34-40-38-17-11-9-15-36(38)37-16-10-12-18-39(37)40)32-45(74)81-20-23-89-54-51(86-4)98-63(101-54)66-105-58-59(106-66)94-28-27-93-58/h6-18,40-43H,19-34H2,1-5H3,(H,70,77)(H,71,76)(H,72,79)/t41-,42-,43-/m0/s1. The smallest absolute Gasteiger partial charge is 0.407 e. The Labute approximate surface area is 730 Å². The molecule has 3 aromatic rings. The van der Waals surface area contributed by atoms with Crippen molar-refractivity contribution in [3.63, 3.8) is 0 Å². The maximum absolute atomic E-state index is 15.2. The van der Waals surface area contributed by atoms with Crippen LogP contribution in [0.5, 0.6) is 0 Å². The summed E-state index contributed by atoms with van der Waals surface area (Å²) in [6.45, 7) is 3.08. The molecule has 3 aromatic carbocycles. The van der Waals surface area contributed by atoms with Crippen molar-refractivity contribution in [2.24, 2.45) is 0 Å². The highest BCUT2D eigenvalue weighted by atomic mass is 32.3. The van der Waals surface area contributed by atoms with E-state index in [0.717, 1.165) is 82.2 Å². The van der Waals surface area contributed by atoms with Crippen LogP contribution in [0.1, 0.15) is 55.7 Å². The van der Waals surface area contributed by atoms with Crippen molar-refractivity contribution in [1.29, 1.82) is 0 Å². The minimum absolute atomic E-state index is 0.0286. The van der Waals surface area contributed by atoms with Crippen molar-refractivity contribution in [2.45, 2.75) is 62.8 Å². The number of esters is 4. The highest BCUT2D eigenvalue weighted by Crippen LogP contribution is 2.70. The van der Waals surface area contributed by atoms with Crippen molar-refractivity contribution < 1.29 is 57.2 Å². The molecule has 3 amide bonds. The van der Waals surface area contributed by atoms with Gasteiger partial charge < -0.3 is 39.6 Å². The van der Waals surface area contributed by atoms with Gasteiger partial charge in [-0.1, -0.05) is 220 Å². The molecule has 0 spiro atoms. The highest BCUT2D eigenvalue weighted by molar-refractivity contribution is 8.48. The first-order valence-corrected chi connectivity index (χ1v) is 55.4. The zero-order chi connectivity index (χ0) is 75.3. The average Bonchev–Trinajstić information content (AvgIpc) is 2.02. The Balaban J connectivity index is 0.709. The lowest BCUT2D eigenvalue weighted by Crippen LogP contribution is -2.57. The van der Waals surface area contributed by atoms with E-state index in [1.54, 1.807) is 179 Å². The summed E-state index contributed by atoms with van der Waals surface area (Å²) >= 11 is 42.5. The SMILES string of the molecule is CSC1=C(SCCOC(=O)C[C@H](NC(=O)OCC2c3ccccc3-c3ccccc32)C(=O)N[C@@H](CC(=O)OCCSC2=C(SC)SC(=C3SC4=C(SCCS4)S3)S2)C(=O)N[C@@H](CC(=O)OCCSC2=C(SC)SC(=C3SC4=C(SCCS4)S3)S2)C(=O)OC(C)(C)c2ccccc2)SC(=C2SC3=C(SCCS3)S2)S1. The quantitative estimate of drug-likeness (QED) is 0.0311. The van der Waals surface area contributed by atoms with Crippen LogP contribution in [-0.2, 0) is 58.1 Å². The molecule has 10 aliphatic rings. The van der Waals surface area contributed by atoms with Gasteiger partial charge in [0.2, 0.25) is 11.8 Å². The fraction of sp³-hybridized carbons (Fsp3) is 0.377. The Morgan fingerprint density at radius 2 is 0.722 bits per heavy atom. The molecule has 13 rings (SSSR count). The molecule has 108 heavy (non-hydrogen) atoms. The summed E-state index contributed by atoms with van der Waals surface area (Å²) in [5, 5.41) is 7.87. The van der Waals surface area contributed by atoms with Crippen LogP contribution >= 0.6 is 282 Å². The van der Waals surface area contributed by atoms with Crippen LogP contribution in [0, 0.1) is 0 Å². The van der Waals surface area contributed by atoms with E-state index in [0.29, 0.717) is 22.8 Å². The van der Waals surface area contributed by atoms with Crippen molar-refractivity contribution in [2.75, 3.05) is 97.0 Å². The van der Waals surface area contributed by atoms with Gasteiger partial charge in [0.25, 0.3) is 0 Å². The molecule has 9 heterocycles. The normalized spacial score (nSPS) is 19.4. The maximum Gasteiger partial charge on any atom is 0.407 e. The lowest BCUT2D eigenvalue weighted by atomic mass is 9.98. The number of thioether (sulfide) groups is 24. The molecule has 0 saturated heterocycles. The number of ether oxygens (including phenoxy) is 5. The van der Waals surface area contributed by atoms with Crippen molar-refractivity contribution in [3.05, 3.63) is 172 Å². The van der Waals surface area contributed by atoms with E-state index in [1.807, 2.05) is 215 Å². The predicted molar refractivity (Wildman–Crippen MR) is 495 cm³/mol. The van der Waals surface area contributed by atoms with Crippen LogP contribution in [0.25, 0.3) is 11.1 Å². The Morgan fingerprint density at radius 3 is 1.10 bits per heavy atom. The molecule has 0 unspecified atom stereocenters. The third-order valence-corrected chi connectivity index (χ3v) is 50.7. The zero-order valence-electron chi connectivity index (χ0n) is 57.8. The van der Waals surface area contributed by atoms with Gasteiger partial charge in [0.1, 0.15) is 50.2 Å². The summed E-state index contributed by atoms with van der Waals surface area (Å²) < 4.78 is 52.0. The molecule has 3 N–H and O–H groups in total. The molecule has 574 valence electrons. The number of amides is 3. The van der Waals surface area contributed by atoms with Crippen LogP contribution in [0.15, 0.2) is 155 Å². The molecular weight excluding hydrogens is 1830 g/mol. The third-order valence-electron chi connectivity index (χ3n) is 15.8. The molecular formula is C69H67N3O12S24. The number of benzene rings is 3. The van der Waals surface area contributed by atoms with E-state index < -0.39 is 84.8 Å². The molecule has 39 heteroatoms. The first-order chi connectivity index (χ1) is 52.5. The number of nitrogens with one attached hydrogen (secondary N) is 3. The van der Waals surface area contributed by atoms with Gasteiger partial charge in [-0.3, -0.25) is 24.0 Å². The fourth-order valence-electron chi connectivity index (χ4n) is 10.8. The first-order valence-electron chi connectivity index (χ1n) is 33.0. The second kappa shape index (κ2) is 42.0. The summed E-state index contributed by atoms with van der Waals surface area (Å²) in [7, 11) is 0. The monoisotopic (exact) mass is 1900 g/mol. The van der Waals surface area contributed by atoms with E-state index in [9.17, 15) is 24.0 Å². The highest BCUT2D eigenvalue weighted by Gasteiger charge is 2.40. The van der Waals surface area contributed by atoms with Crippen molar-refractivity contribution in [3.8, 4) is 11.1 Å². The molecule has 0 bridgehead atoms. The number of carbonyl (C=O) groups is 7. The van der Waals surface area contributed by atoms with E-state index in [1.165, 1.54) is 50.8 Å². The topological polar surface area (TPSA) is 202 Å². The Hall–Kier alpha value is -0.190. The van der Waals surface area contributed by atoms with Crippen molar-refractivity contribution in [1.82, 2.24) is 16.0 Å². The van der Waals surface area contributed by atoms with Crippen molar-refractivity contribution >= 4 is 324 Å². The average molecular weight is 1900 g/mol. The van der Waals surface area contributed by atoms with Gasteiger partial charge in [0, 0.05) is 57.7 Å². The van der Waals surface area contributed by atoms with Gasteiger partial charge >= 0.3 is 30.0 Å².